The molecule has 3 aromatic carbocycles. The molecule has 0 bridgehead atoms. The van der Waals surface area contributed by atoms with Crippen molar-refractivity contribution in [2.45, 2.75) is 6.54 Å². The van der Waals surface area contributed by atoms with Crippen molar-refractivity contribution >= 4 is 40.7 Å². The number of imide groups is 1. The number of benzene rings is 3. The van der Waals surface area contributed by atoms with Gasteiger partial charge in [-0.25, -0.2) is 4.90 Å². The Balaban J connectivity index is 1.48. The summed E-state index contributed by atoms with van der Waals surface area (Å²) in [5.74, 6) is -0.816. The van der Waals surface area contributed by atoms with Gasteiger partial charge in [0, 0.05) is 23.9 Å². The van der Waals surface area contributed by atoms with Gasteiger partial charge in [0.15, 0.2) is 0 Å². The lowest BCUT2D eigenvalue weighted by Crippen LogP contribution is -2.32. The van der Waals surface area contributed by atoms with Crippen LogP contribution in [0, 0.1) is 0 Å². The second kappa shape index (κ2) is 10.3. The van der Waals surface area contributed by atoms with E-state index in [1.54, 1.807) is 36.4 Å². The molecule has 0 saturated heterocycles. The van der Waals surface area contributed by atoms with Crippen LogP contribution in [0.25, 0.3) is 0 Å². The first kappa shape index (κ1) is 23.8. The summed E-state index contributed by atoms with van der Waals surface area (Å²) in [5.41, 5.74) is 2.05. The van der Waals surface area contributed by atoms with Crippen LogP contribution in [0.3, 0.4) is 0 Å². The average molecular weight is 492 g/mol. The fraction of sp³-hybridized carbons (Fsp3) is 0.115. The molecule has 2 N–H and O–H groups in total. The first-order valence-electron chi connectivity index (χ1n) is 10.6. The summed E-state index contributed by atoms with van der Waals surface area (Å²) >= 11 is 6.24. The number of hydrogen-bond donors (Lipinski definition) is 2. The number of nitrogens with zero attached hydrogens (tertiary/aromatic N) is 1. The number of carbonyl (C=O) groups is 3. The Morgan fingerprint density at radius 1 is 0.914 bits per heavy atom. The zero-order valence-electron chi connectivity index (χ0n) is 19.0. The van der Waals surface area contributed by atoms with E-state index in [1.807, 2.05) is 30.3 Å². The van der Waals surface area contributed by atoms with Crippen molar-refractivity contribution in [3.8, 4) is 11.5 Å². The van der Waals surface area contributed by atoms with E-state index in [1.165, 1.54) is 20.3 Å². The fourth-order valence-electron chi connectivity index (χ4n) is 3.53. The monoisotopic (exact) mass is 491 g/mol. The van der Waals surface area contributed by atoms with E-state index in [9.17, 15) is 14.4 Å². The minimum absolute atomic E-state index is 0.0807. The summed E-state index contributed by atoms with van der Waals surface area (Å²) in [7, 11) is 2.91. The molecule has 0 radical (unpaired) electrons. The van der Waals surface area contributed by atoms with Crippen LogP contribution >= 0.6 is 11.6 Å². The Morgan fingerprint density at radius 2 is 1.63 bits per heavy atom. The highest BCUT2D eigenvalue weighted by atomic mass is 35.5. The molecule has 3 aromatic rings. The number of amides is 3. The van der Waals surface area contributed by atoms with Crippen LogP contribution in [0.1, 0.15) is 15.9 Å². The molecule has 178 valence electrons. The molecule has 8 nitrogen and oxygen atoms in total. The van der Waals surface area contributed by atoms with Crippen LogP contribution in [0.4, 0.5) is 11.4 Å². The van der Waals surface area contributed by atoms with Crippen molar-refractivity contribution in [1.29, 1.82) is 0 Å². The predicted molar refractivity (Wildman–Crippen MR) is 133 cm³/mol. The molecule has 0 fully saturated rings. The third kappa shape index (κ3) is 4.97. The highest BCUT2D eigenvalue weighted by Crippen LogP contribution is 2.37. The average Bonchev–Trinajstić information content (AvgIpc) is 3.10. The maximum absolute atomic E-state index is 13.1. The van der Waals surface area contributed by atoms with Gasteiger partial charge in [0.25, 0.3) is 17.7 Å². The number of hydrogen-bond acceptors (Lipinski definition) is 6. The highest BCUT2D eigenvalue weighted by molar-refractivity contribution is 6.53. The molecule has 0 aliphatic carbocycles. The number of halogens is 1. The topological polar surface area (TPSA) is 97.0 Å². The Kier molecular flexibility index (Phi) is 7.03. The van der Waals surface area contributed by atoms with Crippen molar-refractivity contribution in [2.75, 3.05) is 24.4 Å². The zero-order valence-corrected chi connectivity index (χ0v) is 19.8. The number of carbonyl (C=O) groups excluding carboxylic acids is 3. The smallest absolute Gasteiger partial charge is 0.283 e. The third-order valence-electron chi connectivity index (χ3n) is 5.37. The number of methoxy groups -OCH3 is 2. The van der Waals surface area contributed by atoms with Crippen LogP contribution in [0.5, 0.6) is 11.5 Å². The zero-order chi connectivity index (χ0) is 24.9. The van der Waals surface area contributed by atoms with Gasteiger partial charge in [-0.3, -0.25) is 14.4 Å². The van der Waals surface area contributed by atoms with E-state index in [-0.39, 0.29) is 22.3 Å². The summed E-state index contributed by atoms with van der Waals surface area (Å²) in [6.07, 6.45) is 0. The van der Waals surface area contributed by atoms with Gasteiger partial charge >= 0.3 is 0 Å². The maximum Gasteiger partial charge on any atom is 0.283 e. The minimum Gasteiger partial charge on any atom is -0.497 e. The predicted octanol–water partition coefficient (Wildman–Crippen LogP) is 4.07. The van der Waals surface area contributed by atoms with Crippen molar-refractivity contribution in [2.24, 2.45) is 0 Å². The van der Waals surface area contributed by atoms with E-state index in [0.29, 0.717) is 29.3 Å². The first-order chi connectivity index (χ1) is 16.9. The Bertz CT molecular complexity index is 1310. The summed E-state index contributed by atoms with van der Waals surface area (Å²) in [6.45, 7) is 0.405. The second-order valence-corrected chi connectivity index (χ2v) is 7.92. The van der Waals surface area contributed by atoms with E-state index in [2.05, 4.69) is 10.6 Å². The van der Waals surface area contributed by atoms with Gasteiger partial charge in [0.05, 0.1) is 19.9 Å². The first-order valence-corrected chi connectivity index (χ1v) is 11.0. The van der Waals surface area contributed by atoms with Gasteiger partial charge in [0.2, 0.25) is 0 Å². The van der Waals surface area contributed by atoms with E-state index in [4.69, 9.17) is 21.1 Å². The van der Waals surface area contributed by atoms with Crippen molar-refractivity contribution in [3.05, 3.63) is 94.7 Å². The summed E-state index contributed by atoms with van der Waals surface area (Å²) in [4.78, 5) is 39.3. The normalized spacial score (nSPS) is 13.2. The molecule has 1 aliphatic rings. The molecular weight excluding hydrogens is 470 g/mol. The summed E-state index contributed by atoms with van der Waals surface area (Å²) in [6, 6.07) is 20.8. The van der Waals surface area contributed by atoms with Crippen LogP contribution in [-0.4, -0.2) is 31.9 Å². The van der Waals surface area contributed by atoms with Gasteiger partial charge in [-0.1, -0.05) is 41.9 Å². The van der Waals surface area contributed by atoms with Crippen LogP contribution in [-0.2, 0) is 16.1 Å². The SMILES string of the molecule is COc1ccc(OC)c(N2C(=O)C(Cl)=C(Nc3ccc(C(=O)NCc4ccccc4)cc3)C2=O)c1. The molecule has 0 atom stereocenters. The molecule has 0 spiro atoms. The van der Waals surface area contributed by atoms with Gasteiger partial charge < -0.3 is 20.1 Å². The maximum atomic E-state index is 13.1. The van der Waals surface area contributed by atoms with Gasteiger partial charge in [-0.05, 0) is 42.0 Å². The Hall–Kier alpha value is -4.30. The highest BCUT2D eigenvalue weighted by Gasteiger charge is 2.40. The number of ether oxygens (including phenoxy) is 2. The number of rotatable bonds is 8. The molecule has 9 heteroatoms. The minimum atomic E-state index is -0.692. The molecule has 4 rings (SSSR count). The van der Waals surface area contributed by atoms with Crippen molar-refractivity contribution in [3.63, 3.8) is 0 Å². The molecule has 35 heavy (non-hydrogen) atoms. The standard InChI is InChI=1S/C26H22ClN3O5/c1-34-19-12-13-21(35-2)20(14-19)30-25(32)22(27)23(26(30)33)29-18-10-8-17(9-11-18)24(31)28-15-16-6-4-3-5-7-16/h3-14,29H,15H2,1-2H3,(H,28,31). The molecule has 0 unspecified atom stereocenters. The van der Waals surface area contributed by atoms with E-state index in [0.717, 1.165) is 10.5 Å². The lowest BCUT2D eigenvalue weighted by Gasteiger charge is -2.19. The molecule has 1 aliphatic heterocycles. The van der Waals surface area contributed by atoms with Gasteiger partial charge in [0.1, 0.15) is 22.2 Å². The summed E-state index contributed by atoms with van der Waals surface area (Å²) < 4.78 is 10.5. The number of anilines is 2. The van der Waals surface area contributed by atoms with Crippen LogP contribution in [0.15, 0.2) is 83.5 Å². The lowest BCUT2D eigenvalue weighted by molar-refractivity contribution is -0.120. The fourth-order valence-corrected chi connectivity index (χ4v) is 3.74. The third-order valence-corrected chi connectivity index (χ3v) is 5.72. The molecule has 0 aromatic heterocycles. The van der Waals surface area contributed by atoms with E-state index >= 15 is 0 Å². The Morgan fingerprint density at radius 3 is 2.29 bits per heavy atom. The van der Waals surface area contributed by atoms with Crippen LogP contribution < -0.4 is 25.0 Å². The summed E-state index contributed by atoms with van der Waals surface area (Å²) in [5, 5.41) is 5.49. The molecule has 3 amide bonds. The van der Waals surface area contributed by atoms with E-state index < -0.39 is 11.8 Å². The second-order valence-electron chi connectivity index (χ2n) is 7.54. The van der Waals surface area contributed by atoms with Crippen LogP contribution in [0.2, 0.25) is 0 Å². The van der Waals surface area contributed by atoms with Gasteiger partial charge in [-0.15, -0.1) is 0 Å². The Labute approximate surface area is 207 Å². The lowest BCUT2D eigenvalue weighted by atomic mass is 10.1. The number of nitrogens with one attached hydrogen (secondary N) is 2. The van der Waals surface area contributed by atoms with Crippen molar-refractivity contribution < 1.29 is 23.9 Å². The molecular formula is C26H22ClN3O5. The van der Waals surface area contributed by atoms with Gasteiger partial charge in [-0.2, -0.15) is 0 Å². The van der Waals surface area contributed by atoms with Crippen molar-refractivity contribution in [1.82, 2.24) is 5.32 Å². The quantitative estimate of drug-likeness (QED) is 0.461. The molecule has 0 saturated carbocycles. The largest absolute Gasteiger partial charge is 0.497 e. The molecule has 1 heterocycles.